The van der Waals surface area contributed by atoms with Gasteiger partial charge in [0, 0.05) is 0 Å². The van der Waals surface area contributed by atoms with Gasteiger partial charge in [0.1, 0.15) is 0 Å². The molecule has 0 aliphatic heterocycles. The summed E-state index contributed by atoms with van der Waals surface area (Å²) in [7, 11) is 5.61. The maximum absolute atomic E-state index is 12.1. The molecular weight excluding hydrogens is 217 g/mol. The second kappa shape index (κ2) is 3.97. The molecule has 10 heavy (non-hydrogen) atoms. The number of hydrogen-bond acceptors (Lipinski definition) is 0. The average Bonchev–Trinajstić information content (AvgIpc) is 2.04. The third-order valence-corrected chi connectivity index (χ3v) is 3.25. The Morgan fingerprint density at radius 1 is 1.40 bits per heavy atom. The van der Waals surface area contributed by atoms with Gasteiger partial charge in [-0.15, -0.1) is 0 Å². The van der Waals surface area contributed by atoms with E-state index in [9.17, 15) is 4.39 Å². The summed E-state index contributed by atoms with van der Waals surface area (Å²) in [5, 5.41) is 0. The molecule has 0 aliphatic carbocycles. The van der Waals surface area contributed by atoms with E-state index in [2.05, 4.69) is 0 Å². The van der Waals surface area contributed by atoms with Crippen LogP contribution >= 0.6 is 10.1 Å². The minimum atomic E-state index is -0.412. The Labute approximate surface area is 69.8 Å². The number of halogens is 2. The summed E-state index contributed by atoms with van der Waals surface area (Å²) in [5.74, 6) is 0. The van der Waals surface area contributed by atoms with Gasteiger partial charge in [-0.1, -0.05) is 0 Å². The fourth-order valence-electron chi connectivity index (χ4n) is 0.689. The van der Waals surface area contributed by atoms with Crippen molar-refractivity contribution in [3.8, 4) is 0 Å². The summed E-state index contributed by atoms with van der Waals surface area (Å²) in [4.78, 5) is 0. The number of benzene rings is 1. The summed E-state index contributed by atoms with van der Waals surface area (Å²) < 4.78 is 13.1. The van der Waals surface area contributed by atoms with E-state index in [1.165, 1.54) is 0 Å². The van der Waals surface area contributed by atoms with Gasteiger partial charge >= 0.3 is 69.5 Å². The van der Waals surface area contributed by atoms with Crippen LogP contribution in [0.3, 0.4) is 0 Å². The molecule has 0 aromatic heterocycles. The molecule has 0 saturated carbocycles. The van der Waals surface area contributed by atoms with Crippen molar-refractivity contribution in [1.29, 1.82) is 0 Å². The van der Waals surface area contributed by atoms with Crippen molar-refractivity contribution >= 4 is 28.6 Å². The Bertz CT molecular complexity index is 192. The summed E-state index contributed by atoms with van der Waals surface area (Å²) in [5.41, 5.74) is 0.720. The fraction of sp³-hybridized carbons (Fsp3) is 0.143. The van der Waals surface area contributed by atoms with Crippen molar-refractivity contribution in [3.05, 3.63) is 29.8 Å². The monoisotopic (exact) mass is 224 g/mol. The molecule has 1 aromatic carbocycles. The van der Waals surface area contributed by atoms with Crippen LogP contribution in [0.1, 0.15) is 5.56 Å². The zero-order valence-corrected chi connectivity index (χ0v) is 7.65. The van der Waals surface area contributed by atoms with Crippen LogP contribution in [0.5, 0.6) is 0 Å². The molecule has 0 bridgehead atoms. The van der Waals surface area contributed by atoms with Crippen LogP contribution in [0.15, 0.2) is 24.3 Å². The van der Waals surface area contributed by atoms with E-state index < -0.39 is 6.67 Å². The molecule has 0 aliphatic rings. The van der Waals surface area contributed by atoms with Gasteiger partial charge in [-0.05, 0) is 0 Å². The first-order valence-corrected chi connectivity index (χ1v) is 5.91. The first kappa shape index (κ1) is 8.06. The quantitative estimate of drug-likeness (QED) is 0.669. The Kier molecular flexibility index (Phi) is 3.20. The van der Waals surface area contributed by atoms with E-state index in [4.69, 9.17) is 10.1 Å². The third-order valence-electron chi connectivity index (χ3n) is 1.20. The molecule has 0 spiro atoms. The van der Waals surface area contributed by atoms with Crippen molar-refractivity contribution in [2.24, 2.45) is 0 Å². The predicted molar refractivity (Wildman–Crippen MR) is 42.5 cm³/mol. The van der Waals surface area contributed by atoms with E-state index >= 15 is 0 Å². The molecule has 3 heteroatoms. The van der Waals surface area contributed by atoms with Crippen LogP contribution < -0.4 is 4.46 Å². The Balaban J connectivity index is 2.96. The van der Waals surface area contributed by atoms with Gasteiger partial charge in [0.25, 0.3) is 0 Å². The van der Waals surface area contributed by atoms with Gasteiger partial charge in [-0.2, -0.15) is 0 Å². The first-order chi connectivity index (χ1) is 4.88. The number of hydrogen-bond donors (Lipinski definition) is 0. The zero-order chi connectivity index (χ0) is 7.40. The van der Waals surface area contributed by atoms with Crippen molar-refractivity contribution in [1.82, 2.24) is 0 Å². The predicted octanol–water partition coefficient (Wildman–Crippen LogP) is 1.64. The molecule has 0 nitrogen and oxygen atoms in total. The van der Waals surface area contributed by atoms with Crippen LogP contribution in [0.2, 0.25) is 0 Å². The van der Waals surface area contributed by atoms with E-state index in [0.29, 0.717) is 0 Å². The molecule has 54 valence electrons. The SMILES string of the molecule is FCc1ccccc1[Se]Cl. The minimum absolute atomic E-state index is 0.108. The maximum atomic E-state index is 12.1. The molecule has 0 fully saturated rings. The zero-order valence-electron chi connectivity index (χ0n) is 5.18. The van der Waals surface area contributed by atoms with Crippen LogP contribution in [-0.2, 0) is 6.67 Å². The Morgan fingerprint density at radius 3 is 2.60 bits per heavy atom. The molecule has 0 N–H and O–H groups in total. The van der Waals surface area contributed by atoms with Crippen molar-refractivity contribution in [2.45, 2.75) is 6.67 Å². The molecule has 0 unspecified atom stereocenters. The molecule has 0 heterocycles. The second-order valence-electron chi connectivity index (χ2n) is 1.82. The summed E-state index contributed by atoms with van der Waals surface area (Å²) >= 11 is -0.108. The van der Waals surface area contributed by atoms with Crippen LogP contribution in [0.25, 0.3) is 0 Å². The Hall–Kier alpha value is -0.0405. The fourth-order valence-corrected chi connectivity index (χ4v) is 2.21. The van der Waals surface area contributed by atoms with Crippen molar-refractivity contribution in [3.63, 3.8) is 0 Å². The van der Waals surface area contributed by atoms with Gasteiger partial charge in [0.15, 0.2) is 0 Å². The van der Waals surface area contributed by atoms with Gasteiger partial charge in [0.2, 0.25) is 0 Å². The van der Waals surface area contributed by atoms with E-state index in [0.717, 1.165) is 10.0 Å². The first-order valence-electron chi connectivity index (χ1n) is 2.81. The summed E-state index contributed by atoms with van der Waals surface area (Å²) in [6.07, 6.45) is 0. The molecule has 1 rings (SSSR count). The van der Waals surface area contributed by atoms with Gasteiger partial charge < -0.3 is 0 Å². The molecule has 0 radical (unpaired) electrons. The van der Waals surface area contributed by atoms with Crippen molar-refractivity contribution in [2.75, 3.05) is 0 Å². The van der Waals surface area contributed by atoms with Gasteiger partial charge in [-0.25, -0.2) is 0 Å². The summed E-state index contributed by atoms with van der Waals surface area (Å²) in [6, 6.07) is 7.32. The topological polar surface area (TPSA) is 0 Å². The summed E-state index contributed by atoms with van der Waals surface area (Å²) in [6.45, 7) is -0.412. The second-order valence-corrected chi connectivity index (χ2v) is 3.87. The molecule has 1 aromatic rings. The molecular formula is C7H6ClFSe. The van der Waals surface area contributed by atoms with Gasteiger partial charge in [0.05, 0.1) is 0 Å². The van der Waals surface area contributed by atoms with E-state index in [1.54, 1.807) is 6.07 Å². The van der Waals surface area contributed by atoms with Crippen LogP contribution in [-0.4, -0.2) is 14.0 Å². The third kappa shape index (κ3) is 1.72. The molecule has 0 saturated heterocycles. The number of alkyl halides is 1. The Morgan fingerprint density at radius 2 is 2.10 bits per heavy atom. The van der Waals surface area contributed by atoms with E-state index in [-0.39, 0.29) is 14.0 Å². The number of rotatable bonds is 2. The normalized spacial score (nSPS) is 9.80. The molecule has 0 amide bonds. The van der Waals surface area contributed by atoms with Crippen molar-refractivity contribution < 1.29 is 4.39 Å². The standard InChI is InChI=1S/C7H6ClFSe/c8-10-7-4-2-1-3-6(7)5-9/h1-4H,5H2. The van der Waals surface area contributed by atoms with E-state index in [1.807, 2.05) is 18.2 Å². The van der Waals surface area contributed by atoms with Crippen LogP contribution in [0, 0.1) is 0 Å². The van der Waals surface area contributed by atoms with Crippen LogP contribution in [0.4, 0.5) is 4.39 Å². The average molecular weight is 224 g/mol. The molecule has 0 atom stereocenters. The van der Waals surface area contributed by atoms with Gasteiger partial charge in [-0.3, -0.25) is 0 Å².